The van der Waals surface area contributed by atoms with Gasteiger partial charge in [-0.3, -0.25) is 4.79 Å². The maximum absolute atomic E-state index is 12.6. The van der Waals surface area contributed by atoms with Crippen molar-refractivity contribution in [2.75, 3.05) is 33.1 Å². The van der Waals surface area contributed by atoms with Crippen LogP contribution in [0.5, 0.6) is 11.5 Å². The molecule has 1 amide bonds. The van der Waals surface area contributed by atoms with Gasteiger partial charge in [-0.25, -0.2) is 8.42 Å². The van der Waals surface area contributed by atoms with Crippen molar-refractivity contribution in [2.45, 2.75) is 10.8 Å². The highest BCUT2D eigenvalue weighted by Crippen LogP contribution is 2.32. The zero-order valence-electron chi connectivity index (χ0n) is 14.3. The van der Waals surface area contributed by atoms with Crippen molar-refractivity contribution in [3.05, 3.63) is 40.8 Å². The van der Waals surface area contributed by atoms with E-state index in [1.807, 2.05) is 0 Å². The zero-order valence-corrected chi connectivity index (χ0v) is 16.0. The van der Waals surface area contributed by atoms with Crippen LogP contribution in [0.4, 0.5) is 0 Å². The summed E-state index contributed by atoms with van der Waals surface area (Å²) in [6.07, 6.45) is 0. The largest absolute Gasteiger partial charge is 0.454 e. The number of nitrogens with zero attached hydrogens (tertiary/aromatic N) is 1. The fourth-order valence-electron chi connectivity index (χ4n) is 2.81. The van der Waals surface area contributed by atoms with E-state index in [0.717, 1.165) is 16.2 Å². The molecule has 0 spiro atoms. The van der Waals surface area contributed by atoms with E-state index in [-0.39, 0.29) is 23.5 Å². The lowest BCUT2D eigenvalue weighted by Gasteiger charge is -2.25. The Kier molecular flexibility index (Phi) is 5.04. The highest BCUT2D eigenvalue weighted by molar-refractivity contribution is 7.91. The number of amides is 1. The number of fused-ring (bicyclic) bond motifs is 1. The third kappa shape index (κ3) is 3.79. The van der Waals surface area contributed by atoms with Gasteiger partial charge in [-0.1, -0.05) is 0 Å². The number of carbonyl (C=O) groups is 1. The Balaban J connectivity index is 1.40. The summed E-state index contributed by atoms with van der Waals surface area (Å²) in [5, 5.41) is 2.80. The van der Waals surface area contributed by atoms with Crippen LogP contribution in [0.3, 0.4) is 0 Å². The standard InChI is InChI=1S/C17H18N2O6S2/c20-17(12-1-3-14-15(9-12)25-11-24-14)18-10-13-2-4-16(26-13)27(21,22)19-5-7-23-8-6-19/h1-4,9H,5-8,10-11H2,(H,18,20). The molecule has 0 radical (unpaired) electrons. The molecule has 0 unspecified atom stereocenters. The van der Waals surface area contributed by atoms with Gasteiger partial charge in [0.15, 0.2) is 11.5 Å². The minimum atomic E-state index is -3.51. The third-order valence-corrected chi connectivity index (χ3v) is 7.71. The molecule has 8 nitrogen and oxygen atoms in total. The molecule has 1 fully saturated rings. The summed E-state index contributed by atoms with van der Waals surface area (Å²) in [5.74, 6) is 0.889. The van der Waals surface area contributed by atoms with E-state index in [2.05, 4.69) is 5.32 Å². The van der Waals surface area contributed by atoms with Crippen LogP contribution in [0.1, 0.15) is 15.2 Å². The summed E-state index contributed by atoms with van der Waals surface area (Å²) < 4.78 is 42.7. The minimum absolute atomic E-state index is 0.149. The molecule has 3 heterocycles. The van der Waals surface area contributed by atoms with E-state index in [4.69, 9.17) is 14.2 Å². The molecule has 0 aliphatic carbocycles. The maximum Gasteiger partial charge on any atom is 0.252 e. The van der Waals surface area contributed by atoms with E-state index in [1.165, 1.54) is 4.31 Å². The first-order valence-electron chi connectivity index (χ1n) is 8.38. The highest BCUT2D eigenvalue weighted by Gasteiger charge is 2.27. The number of hydrogen-bond donors (Lipinski definition) is 1. The second-order valence-corrected chi connectivity index (χ2v) is 9.32. The number of ether oxygens (including phenoxy) is 3. The first-order valence-corrected chi connectivity index (χ1v) is 10.6. The van der Waals surface area contributed by atoms with Gasteiger partial charge in [-0.05, 0) is 30.3 Å². The average Bonchev–Trinajstić information content (AvgIpc) is 3.35. The Morgan fingerprint density at radius 2 is 1.89 bits per heavy atom. The Labute approximate surface area is 160 Å². The number of hydrogen-bond acceptors (Lipinski definition) is 7. The number of rotatable bonds is 5. The number of sulfonamides is 1. The van der Waals surface area contributed by atoms with Gasteiger partial charge in [0.05, 0.1) is 19.8 Å². The van der Waals surface area contributed by atoms with Crippen LogP contribution in [0.15, 0.2) is 34.5 Å². The topological polar surface area (TPSA) is 94.2 Å². The SMILES string of the molecule is O=C(NCc1ccc(S(=O)(=O)N2CCOCC2)s1)c1ccc2c(c1)OCO2. The lowest BCUT2D eigenvalue weighted by molar-refractivity contribution is 0.0731. The van der Waals surface area contributed by atoms with Crippen molar-refractivity contribution in [1.29, 1.82) is 0 Å². The third-order valence-electron chi connectivity index (χ3n) is 4.26. The van der Waals surface area contributed by atoms with E-state index in [0.29, 0.717) is 43.4 Å². The molecule has 1 aromatic carbocycles. The second-order valence-electron chi connectivity index (χ2n) is 5.99. The van der Waals surface area contributed by atoms with Crippen LogP contribution in [-0.2, 0) is 21.3 Å². The summed E-state index contributed by atoms with van der Waals surface area (Å²) in [4.78, 5) is 13.1. The molecular weight excluding hydrogens is 392 g/mol. The minimum Gasteiger partial charge on any atom is -0.454 e. The van der Waals surface area contributed by atoms with Crippen LogP contribution in [-0.4, -0.2) is 51.7 Å². The van der Waals surface area contributed by atoms with E-state index in [1.54, 1.807) is 30.3 Å². The van der Waals surface area contributed by atoms with Crippen molar-refractivity contribution >= 4 is 27.3 Å². The molecule has 1 saturated heterocycles. The molecule has 0 saturated carbocycles. The summed E-state index contributed by atoms with van der Waals surface area (Å²) in [5.41, 5.74) is 0.456. The highest BCUT2D eigenvalue weighted by atomic mass is 32.2. The van der Waals surface area contributed by atoms with Crippen LogP contribution < -0.4 is 14.8 Å². The van der Waals surface area contributed by atoms with Crippen LogP contribution in [0, 0.1) is 0 Å². The summed E-state index contributed by atoms with van der Waals surface area (Å²) in [6.45, 7) is 1.92. The van der Waals surface area contributed by atoms with Gasteiger partial charge in [-0.2, -0.15) is 4.31 Å². The van der Waals surface area contributed by atoms with Gasteiger partial charge in [-0.15, -0.1) is 11.3 Å². The molecule has 2 aliphatic rings. The first-order chi connectivity index (χ1) is 13.0. The van der Waals surface area contributed by atoms with Gasteiger partial charge in [0.25, 0.3) is 15.9 Å². The lowest BCUT2D eigenvalue weighted by Crippen LogP contribution is -2.40. The smallest absolute Gasteiger partial charge is 0.252 e. The van der Waals surface area contributed by atoms with Gasteiger partial charge < -0.3 is 19.5 Å². The summed E-state index contributed by atoms with van der Waals surface area (Å²) in [7, 11) is -3.51. The van der Waals surface area contributed by atoms with Crippen LogP contribution in [0.25, 0.3) is 0 Å². The lowest BCUT2D eigenvalue weighted by atomic mass is 10.2. The monoisotopic (exact) mass is 410 g/mol. The molecular formula is C17H18N2O6S2. The molecule has 10 heteroatoms. The van der Waals surface area contributed by atoms with Crippen molar-refractivity contribution in [3.8, 4) is 11.5 Å². The van der Waals surface area contributed by atoms with Gasteiger partial charge in [0, 0.05) is 23.5 Å². The van der Waals surface area contributed by atoms with Gasteiger partial charge in [0.2, 0.25) is 6.79 Å². The predicted octanol–water partition coefficient (Wildman–Crippen LogP) is 1.43. The van der Waals surface area contributed by atoms with E-state index < -0.39 is 10.0 Å². The number of benzene rings is 1. The van der Waals surface area contributed by atoms with Crippen molar-refractivity contribution in [2.24, 2.45) is 0 Å². The Morgan fingerprint density at radius 3 is 2.70 bits per heavy atom. The van der Waals surface area contributed by atoms with Crippen molar-refractivity contribution in [1.82, 2.24) is 9.62 Å². The fourth-order valence-corrected chi connectivity index (χ4v) is 5.67. The second kappa shape index (κ2) is 7.47. The van der Waals surface area contributed by atoms with E-state index in [9.17, 15) is 13.2 Å². The maximum atomic E-state index is 12.6. The molecule has 1 N–H and O–H groups in total. The number of nitrogens with one attached hydrogen (secondary N) is 1. The average molecular weight is 410 g/mol. The molecule has 144 valence electrons. The summed E-state index contributed by atoms with van der Waals surface area (Å²) in [6, 6.07) is 8.27. The van der Waals surface area contributed by atoms with Crippen molar-refractivity contribution < 1.29 is 27.4 Å². The molecule has 2 aliphatic heterocycles. The number of carbonyl (C=O) groups excluding carboxylic acids is 1. The molecule has 1 aromatic heterocycles. The normalized spacial score (nSPS) is 17.0. The quantitative estimate of drug-likeness (QED) is 0.801. The van der Waals surface area contributed by atoms with Gasteiger partial charge in [0.1, 0.15) is 4.21 Å². The number of morpholine rings is 1. The molecule has 27 heavy (non-hydrogen) atoms. The van der Waals surface area contributed by atoms with Crippen molar-refractivity contribution in [3.63, 3.8) is 0 Å². The molecule has 0 bridgehead atoms. The Morgan fingerprint density at radius 1 is 1.11 bits per heavy atom. The first kappa shape index (κ1) is 18.2. The predicted molar refractivity (Wildman–Crippen MR) is 97.6 cm³/mol. The zero-order chi connectivity index (χ0) is 18.9. The van der Waals surface area contributed by atoms with Crippen LogP contribution in [0.2, 0.25) is 0 Å². The fraction of sp³-hybridized carbons (Fsp3) is 0.353. The van der Waals surface area contributed by atoms with Gasteiger partial charge >= 0.3 is 0 Å². The van der Waals surface area contributed by atoms with E-state index >= 15 is 0 Å². The molecule has 2 aromatic rings. The molecule has 4 rings (SSSR count). The Bertz CT molecular complexity index is 950. The Hall–Kier alpha value is -2.14. The number of thiophene rings is 1. The van der Waals surface area contributed by atoms with Crippen LogP contribution >= 0.6 is 11.3 Å². The molecule has 0 atom stereocenters. The summed E-state index contributed by atoms with van der Waals surface area (Å²) >= 11 is 1.16.